The summed E-state index contributed by atoms with van der Waals surface area (Å²) in [6.45, 7) is 0.322. The van der Waals surface area contributed by atoms with Crippen LogP contribution < -0.4 is 0 Å². The minimum atomic E-state index is -0.878. The Morgan fingerprint density at radius 3 is 2.36 bits per heavy atom. The van der Waals surface area contributed by atoms with Crippen LogP contribution in [0.3, 0.4) is 0 Å². The molecule has 1 fully saturated rings. The predicted molar refractivity (Wildman–Crippen MR) is 116 cm³/mol. The third-order valence-electron chi connectivity index (χ3n) is 3.98. The highest BCUT2D eigenvalue weighted by Crippen LogP contribution is 2.32. The van der Waals surface area contributed by atoms with E-state index >= 15 is 0 Å². The Kier molecular flexibility index (Phi) is 6.64. The normalized spacial score (nSPS) is 14.9. The summed E-state index contributed by atoms with van der Waals surface area (Å²) in [7, 11) is 0. The SMILES string of the molecule is O=C(O)CCCN1C(=O)/C(=C\c2ccc(C#Cc3ccccc3)cc2)SC1=S. The Bertz CT molecular complexity index is 986. The van der Waals surface area contributed by atoms with Crippen LogP contribution in [0.5, 0.6) is 0 Å². The average Bonchev–Trinajstić information content (AvgIpc) is 2.95. The van der Waals surface area contributed by atoms with Gasteiger partial charge in [0.15, 0.2) is 0 Å². The Morgan fingerprint density at radius 1 is 1.07 bits per heavy atom. The number of thiocarbonyl (C=S) groups is 1. The molecule has 1 N–H and O–H groups in total. The maximum absolute atomic E-state index is 12.5. The van der Waals surface area contributed by atoms with E-state index in [4.69, 9.17) is 17.3 Å². The van der Waals surface area contributed by atoms with Crippen molar-refractivity contribution in [3.8, 4) is 11.8 Å². The van der Waals surface area contributed by atoms with Crippen molar-refractivity contribution in [2.45, 2.75) is 12.8 Å². The molecule has 6 heteroatoms. The molecule has 0 unspecified atom stereocenters. The molecule has 0 atom stereocenters. The number of hydrogen-bond acceptors (Lipinski definition) is 4. The highest BCUT2D eigenvalue weighted by molar-refractivity contribution is 8.26. The lowest BCUT2D eigenvalue weighted by atomic mass is 10.1. The summed E-state index contributed by atoms with van der Waals surface area (Å²) in [5.41, 5.74) is 2.73. The van der Waals surface area contributed by atoms with Gasteiger partial charge in [0.1, 0.15) is 4.32 Å². The molecule has 2 aromatic rings. The number of carboxylic acids is 1. The van der Waals surface area contributed by atoms with Crippen LogP contribution >= 0.6 is 24.0 Å². The second-order valence-electron chi connectivity index (χ2n) is 6.07. The summed E-state index contributed by atoms with van der Waals surface area (Å²) < 4.78 is 0.465. The lowest BCUT2D eigenvalue weighted by molar-refractivity contribution is -0.137. The third kappa shape index (κ3) is 5.32. The second-order valence-corrected chi connectivity index (χ2v) is 7.74. The molecule has 28 heavy (non-hydrogen) atoms. The van der Waals surface area contributed by atoms with E-state index in [1.807, 2.05) is 54.6 Å². The maximum Gasteiger partial charge on any atom is 0.303 e. The second kappa shape index (κ2) is 9.36. The van der Waals surface area contributed by atoms with Crippen LogP contribution in [-0.2, 0) is 9.59 Å². The molecule has 0 aliphatic carbocycles. The van der Waals surface area contributed by atoms with Gasteiger partial charge in [-0.15, -0.1) is 0 Å². The van der Waals surface area contributed by atoms with Gasteiger partial charge in [-0.05, 0) is 42.3 Å². The molecule has 1 heterocycles. The summed E-state index contributed by atoms with van der Waals surface area (Å²) in [4.78, 5) is 25.1. The fraction of sp³-hybridized carbons (Fsp3) is 0.136. The molecule has 3 rings (SSSR count). The first-order chi connectivity index (χ1) is 13.5. The Morgan fingerprint density at radius 2 is 1.71 bits per heavy atom. The largest absolute Gasteiger partial charge is 0.481 e. The Balaban J connectivity index is 1.67. The van der Waals surface area contributed by atoms with Crippen molar-refractivity contribution in [1.29, 1.82) is 0 Å². The van der Waals surface area contributed by atoms with Crippen LogP contribution in [0.2, 0.25) is 0 Å². The minimum absolute atomic E-state index is 0.0155. The van der Waals surface area contributed by atoms with Gasteiger partial charge in [0.05, 0.1) is 4.91 Å². The topological polar surface area (TPSA) is 57.6 Å². The summed E-state index contributed by atoms with van der Waals surface area (Å²) in [5.74, 6) is 5.18. The molecule has 1 aliphatic heterocycles. The molecule has 1 saturated heterocycles. The molecule has 0 saturated carbocycles. The maximum atomic E-state index is 12.5. The molecule has 140 valence electrons. The number of rotatable bonds is 5. The first kappa shape index (κ1) is 19.9. The smallest absolute Gasteiger partial charge is 0.303 e. The number of carbonyl (C=O) groups is 2. The number of thioether (sulfide) groups is 1. The average molecular weight is 408 g/mol. The lowest BCUT2D eigenvalue weighted by Crippen LogP contribution is -2.29. The number of benzene rings is 2. The van der Waals surface area contributed by atoms with Gasteiger partial charge < -0.3 is 5.11 Å². The highest BCUT2D eigenvalue weighted by atomic mass is 32.2. The summed E-state index contributed by atoms with van der Waals surface area (Å²) in [6, 6.07) is 17.4. The van der Waals surface area contributed by atoms with E-state index in [0.717, 1.165) is 16.7 Å². The molecular weight excluding hydrogens is 390 g/mol. The quantitative estimate of drug-likeness (QED) is 0.458. The fourth-order valence-electron chi connectivity index (χ4n) is 2.56. The van der Waals surface area contributed by atoms with Crippen LogP contribution in [0.25, 0.3) is 6.08 Å². The summed E-state index contributed by atoms with van der Waals surface area (Å²) in [6.07, 6.45) is 2.19. The zero-order valence-corrected chi connectivity index (χ0v) is 16.6. The van der Waals surface area contributed by atoms with Crippen LogP contribution in [0.15, 0.2) is 59.5 Å². The van der Waals surface area contributed by atoms with E-state index < -0.39 is 5.97 Å². The summed E-state index contributed by atoms with van der Waals surface area (Å²) >= 11 is 6.49. The number of nitrogens with zero attached hydrogens (tertiary/aromatic N) is 1. The Hall–Kier alpha value is -2.88. The van der Waals surface area contributed by atoms with Crippen molar-refractivity contribution in [3.63, 3.8) is 0 Å². The highest BCUT2D eigenvalue weighted by Gasteiger charge is 2.31. The number of carbonyl (C=O) groups excluding carboxylic acids is 1. The van der Waals surface area contributed by atoms with Crippen LogP contribution in [-0.4, -0.2) is 32.7 Å². The van der Waals surface area contributed by atoms with Crippen molar-refractivity contribution >= 4 is 46.3 Å². The number of aliphatic carboxylic acids is 1. The van der Waals surface area contributed by atoms with Crippen molar-refractivity contribution < 1.29 is 14.7 Å². The Labute approximate surface area is 173 Å². The van der Waals surface area contributed by atoms with Crippen molar-refractivity contribution in [3.05, 3.63) is 76.2 Å². The molecule has 1 amide bonds. The van der Waals surface area contributed by atoms with Crippen molar-refractivity contribution in [2.24, 2.45) is 0 Å². The number of amides is 1. The molecule has 4 nitrogen and oxygen atoms in total. The molecular formula is C22H17NO3S2. The van der Waals surface area contributed by atoms with E-state index in [2.05, 4.69) is 11.8 Å². The van der Waals surface area contributed by atoms with Gasteiger partial charge in [-0.2, -0.15) is 0 Å². The molecule has 0 aromatic heterocycles. The zero-order valence-electron chi connectivity index (χ0n) is 14.9. The van der Waals surface area contributed by atoms with E-state index in [1.165, 1.54) is 16.7 Å². The van der Waals surface area contributed by atoms with Gasteiger partial charge in [-0.1, -0.05) is 66.2 Å². The lowest BCUT2D eigenvalue weighted by Gasteiger charge is -2.13. The van der Waals surface area contributed by atoms with E-state index in [-0.39, 0.29) is 12.3 Å². The number of hydrogen-bond donors (Lipinski definition) is 1. The minimum Gasteiger partial charge on any atom is -0.481 e. The van der Waals surface area contributed by atoms with Crippen molar-refractivity contribution in [2.75, 3.05) is 6.54 Å². The first-order valence-corrected chi connectivity index (χ1v) is 9.90. The summed E-state index contributed by atoms with van der Waals surface area (Å²) in [5, 5.41) is 8.73. The third-order valence-corrected chi connectivity index (χ3v) is 5.36. The van der Waals surface area contributed by atoms with Crippen LogP contribution in [0.4, 0.5) is 0 Å². The molecule has 2 aromatic carbocycles. The van der Waals surface area contributed by atoms with Crippen molar-refractivity contribution in [1.82, 2.24) is 4.90 Å². The van der Waals surface area contributed by atoms with Crippen LogP contribution in [0.1, 0.15) is 29.5 Å². The monoisotopic (exact) mass is 407 g/mol. The zero-order chi connectivity index (χ0) is 19.9. The van der Waals surface area contributed by atoms with Crippen LogP contribution in [0, 0.1) is 11.8 Å². The molecule has 1 aliphatic rings. The molecule has 0 bridgehead atoms. The van der Waals surface area contributed by atoms with E-state index in [9.17, 15) is 9.59 Å². The van der Waals surface area contributed by atoms with E-state index in [1.54, 1.807) is 6.08 Å². The van der Waals surface area contributed by atoms with Gasteiger partial charge in [-0.25, -0.2) is 0 Å². The molecule has 0 radical (unpaired) electrons. The number of carboxylic acid groups (broad SMARTS) is 1. The van der Waals surface area contributed by atoms with Gasteiger partial charge in [0.2, 0.25) is 0 Å². The fourth-order valence-corrected chi connectivity index (χ4v) is 3.87. The predicted octanol–water partition coefficient (Wildman–Crippen LogP) is 4.15. The molecule has 0 spiro atoms. The van der Waals surface area contributed by atoms with Gasteiger partial charge in [-0.3, -0.25) is 14.5 Å². The van der Waals surface area contributed by atoms with Gasteiger partial charge in [0, 0.05) is 24.1 Å². The standard InChI is InChI=1S/C22H17NO3S2/c24-20(25)7-4-14-23-21(26)19(28-22(23)27)15-18-12-10-17(11-13-18)9-8-16-5-2-1-3-6-16/h1-3,5-6,10-13,15H,4,7,14H2,(H,24,25)/b19-15+. The van der Waals surface area contributed by atoms with Gasteiger partial charge in [0.25, 0.3) is 5.91 Å². The van der Waals surface area contributed by atoms with E-state index in [0.29, 0.717) is 22.2 Å². The van der Waals surface area contributed by atoms with Gasteiger partial charge >= 0.3 is 5.97 Å². The first-order valence-electron chi connectivity index (χ1n) is 8.67.